The Morgan fingerprint density at radius 2 is 2.07 bits per heavy atom. The number of halogens is 2. The van der Waals surface area contributed by atoms with Crippen LogP contribution in [-0.4, -0.2) is 20.3 Å². The molecule has 0 aliphatic rings. The summed E-state index contributed by atoms with van der Waals surface area (Å²) in [5, 5.41) is 0.902. The Morgan fingerprint density at radius 3 is 2.60 bits per heavy atom. The molecule has 1 aromatic heterocycles. The topological polar surface area (TPSA) is 46.2 Å². The van der Waals surface area contributed by atoms with Gasteiger partial charge in [0.1, 0.15) is 4.21 Å². The summed E-state index contributed by atoms with van der Waals surface area (Å²) in [5.74, 6) is 0. The Labute approximate surface area is 111 Å². The summed E-state index contributed by atoms with van der Waals surface area (Å²) in [6.07, 6.45) is 1.81. The van der Waals surface area contributed by atoms with Crippen LogP contribution in [0.15, 0.2) is 20.1 Å². The second-order valence-corrected chi connectivity index (χ2v) is 8.10. The predicted molar refractivity (Wildman–Crippen MR) is 70.2 cm³/mol. The van der Waals surface area contributed by atoms with Gasteiger partial charge in [0, 0.05) is 11.9 Å². The molecular weight excluding hydrogens is 366 g/mol. The van der Waals surface area contributed by atoms with E-state index >= 15 is 0 Å². The lowest BCUT2D eigenvalue weighted by molar-refractivity contribution is 0.581. The summed E-state index contributed by atoms with van der Waals surface area (Å²) >= 11 is 7.75. The van der Waals surface area contributed by atoms with Gasteiger partial charge in [0.05, 0.1) is 3.79 Å². The molecule has 1 rings (SSSR count). The monoisotopic (exact) mass is 375 g/mol. The minimum atomic E-state index is -3.30. The first-order valence-corrected chi connectivity index (χ1v) is 8.58. The number of nitrogens with one attached hydrogen (secondary N) is 1. The first-order valence-electron chi connectivity index (χ1n) is 4.37. The first-order chi connectivity index (χ1) is 7.06. The van der Waals surface area contributed by atoms with Crippen LogP contribution in [0.3, 0.4) is 0 Å². The van der Waals surface area contributed by atoms with Gasteiger partial charge in [-0.25, -0.2) is 13.1 Å². The van der Waals surface area contributed by atoms with Gasteiger partial charge >= 0.3 is 0 Å². The van der Waals surface area contributed by atoms with E-state index in [1.165, 1.54) is 11.3 Å². The van der Waals surface area contributed by atoms with Gasteiger partial charge in [-0.2, -0.15) is 0 Å². The molecule has 0 fully saturated rings. The van der Waals surface area contributed by atoms with Crippen molar-refractivity contribution >= 4 is 53.2 Å². The molecule has 15 heavy (non-hydrogen) atoms. The molecular formula is C8H11Br2NO2S2. The summed E-state index contributed by atoms with van der Waals surface area (Å²) in [6.45, 7) is 0.490. The fourth-order valence-electron chi connectivity index (χ4n) is 0.939. The molecule has 86 valence electrons. The number of thiophene rings is 1. The second-order valence-electron chi connectivity index (χ2n) is 2.85. The van der Waals surface area contributed by atoms with Crippen molar-refractivity contribution in [2.24, 2.45) is 0 Å². The summed E-state index contributed by atoms with van der Waals surface area (Å²) in [4.78, 5) is 0. The van der Waals surface area contributed by atoms with Gasteiger partial charge in [-0.05, 0) is 40.9 Å². The lowest BCUT2D eigenvalue weighted by Gasteiger charge is -2.03. The van der Waals surface area contributed by atoms with Crippen LogP contribution < -0.4 is 4.72 Å². The zero-order valence-corrected chi connectivity index (χ0v) is 12.7. The molecule has 0 aromatic carbocycles. The van der Waals surface area contributed by atoms with Crippen molar-refractivity contribution in [3.05, 3.63) is 15.9 Å². The van der Waals surface area contributed by atoms with Crippen LogP contribution in [0.2, 0.25) is 0 Å². The van der Waals surface area contributed by atoms with Crippen LogP contribution in [0.25, 0.3) is 0 Å². The molecule has 0 atom stereocenters. The molecule has 0 radical (unpaired) electrons. The molecule has 0 amide bonds. The number of unbranched alkanes of at least 4 members (excludes halogenated alkanes) is 1. The molecule has 3 nitrogen and oxygen atoms in total. The largest absolute Gasteiger partial charge is 0.250 e. The van der Waals surface area contributed by atoms with Crippen LogP contribution in [-0.2, 0) is 10.0 Å². The Kier molecular flexibility index (Phi) is 5.76. The van der Waals surface area contributed by atoms with Gasteiger partial charge in [0.2, 0.25) is 10.0 Å². The standard InChI is InChI=1S/C8H11Br2NO2S2/c9-5-1-2-6-11-15(12,13)8-4-3-7(10)14-8/h3-4,11H,1-2,5-6H2. The highest BCUT2D eigenvalue weighted by Gasteiger charge is 2.15. The fraction of sp³-hybridized carbons (Fsp3) is 0.500. The molecule has 0 saturated heterocycles. The number of alkyl halides is 1. The van der Waals surface area contributed by atoms with Crippen LogP contribution in [0.5, 0.6) is 0 Å². The third kappa shape index (κ3) is 4.52. The van der Waals surface area contributed by atoms with Crippen molar-refractivity contribution in [2.75, 3.05) is 11.9 Å². The smallest absolute Gasteiger partial charge is 0.210 e. The van der Waals surface area contributed by atoms with Gasteiger partial charge in [-0.15, -0.1) is 11.3 Å². The Morgan fingerprint density at radius 1 is 1.33 bits per heavy atom. The van der Waals surface area contributed by atoms with Crippen LogP contribution in [0, 0.1) is 0 Å². The van der Waals surface area contributed by atoms with Crippen molar-refractivity contribution in [3.8, 4) is 0 Å². The summed E-state index contributed by atoms with van der Waals surface area (Å²) in [7, 11) is -3.30. The van der Waals surface area contributed by atoms with E-state index < -0.39 is 10.0 Å². The van der Waals surface area contributed by atoms with Gasteiger partial charge in [-0.3, -0.25) is 0 Å². The van der Waals surface area contributed by atoms with E-state index in [1.807, 2.05) is 0 Å². The fourth-order valence-corrected chi connectivity index (χ4v) is 4.46. The van der Waals surface area contributed by atoms with Gasteiger partial charge in [0.15, 0.2) is 0 Å². The van der Waals surface area contributed by atoms with Crippen molar-refractivity contribution in [2.45, 2.75) is 17.1 Å². The SMILES string of the molecule is O=S(=O)(NCCCCBr)c1ccc(Br)s1. The summed E-state index contributed by atoms with van der Waals surface area (Å²) in [6, 6.07) is 3.33. The van der Waals surface area contributed by atoms with Crippen molar-refractivity contribution in [1.29, 1.82) is 0 Å². The van der Waals surface area contributed by atoms with Gasteiger partial charge in [-0.1, -0.05) is 15.9 Å². The number of sulfonamides is 1. The molecule has 1 N–H and O–H groups in total. The molecule has 0 unspecified atom stereocenters. The molecule has 0 saturated carbocycles. The molecule has 1 aromatic rings. The molecule has 0 spiro atoms. The quantitative estimate of drug-likeness (QED) is 0.612. The van der Waals surface area contributed by atoms with E-state index in [-0.39, 0.29) is 0 Å². The highest BCUT2D eigenvalue weighted by Crippen LogP contribution is 2.25. The third-order valence-corrected chi connectivity index (χ3v) is 5.80. The van der Waals surface area contributed by atoms with Crippen LogP contribution in [0.1, 0.15) is 12.8 Å². The average molecular weight is 377 g/mol. The predicted octanol–water partition coefficient (Wildman–Crippen LogP) is 2.96. The van der Waals surface area contributed by atoms with Crippen molar-refractivity contribution < 1.29 is 8.42 Å². The van der Waals surface area contributed by atoms with Crippen LogP contribution >= 0.6 is 43.2 Å². The van der Waals surface area contributed by atoms with E-state index in [9.17, 15) is 8.42 Å². The van der Waals surface area contributed by atoms with Gasteiger partial charge in [0.25, 0.3) is 0 Å². The first kappa shape index (κ1) is 13.6. The molecule has 1 heterocycles. The highest BCUT2D eigenvalue weighted by molar-refractivity contribution is 9.11. The summed E-state index contributed by atoms with van der Waals surface area (Å²) < 4.78 is 27.1. The molecule has 7 heteroatoms. The van der Waals surface area contributed by atoms with E-state index in [4.69, 9.17) is 0 Å². The highest BCUT2D eigenvalue weighted by atomic mass is 79.9. The Hall–Kier alpha value is 0.570. The van der Waals surface area contributed by atoms with E-state index in [0.29, 0.717) is 10.8 Å². The number of hydrogen-bond acceptors (Lipinski definition) is 3. The maximum Gasteiger partial charge on any atom is 0.250 e. The third-order valence-electron chi connectivity index (χ3n) is 1.67. The number of rotatable bonds is 6. The van der Waals surface area contributed by atoms with Gasteiger partial charge < -0.3 is 0 Å². The zero-order valence-electron chi connectivity index (χ0n) is 7.87. The normalized spacial score (nSPS) is 11.9. The van der Waals surface area contributed by atoms with Crippen molar-refractivity contribution in [1.82, 2.24) is 4.72 Å². The Bertz CT molecular complexity index is 403. The lowest BCUT2D eigenvalue weighted by atomic mass is 10.3. The number of hydrogen-bond donors (Lipinski definition) is 1. The van der Waals surface area contributed by atoms with E-state index in [0.717, 1.165) is 22.0 Å². The van der Waals surface area contributed by atoms with Crippen LogP contribution in [0.4, 0.5) is 0 Å². The second kappa shape index (κ2) is 6.34. The maximum absolute atomic E-state index is 11.7. The molecule has 0 aliphatic heterocycles. The zero-order chi connectivity index (χ0) is 11.3. The maximum atomic E-state index is 11.7. The molecule has 0 bridgehead atoms. The Balaban J connectivity index is 2.53. The lowest BCUT2D eigenvalue weighted by Crippen LogP contribution is -2.23. The van der Waals surface area contributed by atoms with E-state index in [1.54, 1.807) is 12.1 Å². The minimum Gasteiger partial charge on any atom is -0.210 e. The van der Waals surface area contributed by atoms with Crippen molar-refractivity contribution in [3.63, 3.8) is 0 Å². The summed E-state index contributed by atoms with van der Waals surface area (Å²) in [5.41, 5.74) is 0. The molecule has 0 aliphatic carbocycles. The average Bonchev–Trinajstić information content (AvgIpc) is 2.60. The van der Waals surface area contributed by atoms with E-state index in [2.05, 4.69) is 36.6 Å². The minimum absolute atomic E-state index is 0.355.